The fourth-order valence-electron chi connectivity index (χ4n) is 2.60. The fraction of sp³-hybridized carbons (Fsp3) is 0.933. The minimum absolute atomic E-state index is 0.221. The van der Waals surface area contributed by atoms with Crippen LogP contribution in [0.4, 0.5) is 0 Å². The molecule has 0 aromatic carbocycles. The maximum atomic E-state index is 11.8. The van der Waals surface area contributed by atoms with Gasteiger partial charge in [-0.2, -0.15) is 0 Å². The average molecular weight is 287 g/mol. The minimum atomic E-state index is -0.674. The zero-order valence-electron chi connectivity index (χ0n) is 14.0. The van der Waals surface area contributed by atoms with Crippen molar-refractivity contribution < 1.29 is 9.53 Å². The predicted octanol–water partition coefficient (Wildman–Crippen LogP) is 1.37. The summed E-state index contributed by atoms with van der Waals surface area (Å²) in [6, 6.07) is 0.488. The second-order valence-electron chi connectivity index (χ2n) is 5.87. The van der Waals surface area contributed by atoms with Crippen molar-refractivity contribution in [2.24, 2.45) is 5.73 Å². The van der Waals surface area contributed by atoms with Crippen LogP contribution in [0.1, 0.15) is 48.0 Å². The van der Waals surface area contributed by atoms with Crippen LogP contribution in [-0.2, 0) is 9.53 Å². The topological polar surface area (TPSA) is 67.6 Å². The molecule has 0 aliphatic rings. The molecule has 0 saturated heterocycles. The van der Waals surface area contributed by atoms with Crippen LogP contribution in [0.5, 0.6) is 0 Å². The summed E-state index contributed by atoms with van der Waals surface area (Å²) >= 11 is 0. The fourth-order valence-corrected chi connectivity index (χ4v) is 2.60. The molecule has 2 unspecified atom stereocenters. The first-order valence-electron chi connectivity index (χ1n) is 7.66. The molecule has 0 fully saturated rings. The summed E-state index contributed by atoms with van der Waals surface area (Å²) in [7, 11) is 0. The van der Waals surface area contributed by atoms with Crippen molar-refractivity contribution >= 4 is 5.91 Å². The van der Waals surface area contributed by atoms with Crippen molar-refractivity contribution in [3.05, 3.63) is 0 Å². The van der Waals surface area contributed by atoms with Crippen molar-refractivity contribution in [2.75, 3.05) is 26.3 Å². The number of likely N-dealkylation sites (N-methyl/N-ethyl adjacent to an activating group) is 1. The van der Waals surface area contributed by atoms with Gasteiger partial charge >= 0.3 is 0 Å². The van der Waals surface area contributed by atoms with E-state index in [0.717, 1.165) is 26.3 Å². The standard InChI is InChI=1S/C15H33N3O2/c1-7-18(9-10-20-8-2)13(5)11-15(6,14(16)19)17-12(3)4/h12-13,17H,7-11H2,1-6H3,(H2,16,19). The summed E-state index contributed by atoms with van der Waals surface area (Å²) < 4.78 is 5.41. The largest absolute Gasteiger partial charge is 0.380 e. The molecule has 20 heavy (non-hydrogen) atoms. The van der Waals surface area contributed by atoms with Gasteiger partial charge in [0, 0.05) is 25.2 Å². The highest BCUT2D eigenvalue weighted by Crippen LogP contribution is 2.17. The Bertz CT molecular complexity index is 284. The molecule has 2 atom stereocenters. The minimum Gasteiger partial charge on any atom is -0.380 e. The van der Waals surface area contributed by atoms with Gasteiger partial charge in [-0.25, -0.2) is 0 Å². The highest BCUT2D eigenvalue weighted by molar-refractivity contribution is 5.84. The number of carbonyl (C=O) groups excluding carboxylic acids is 1. The maximum absolute atomic E-state index is 11.8. The number of rotatable bonds is 11. The van der Waals surface area contributed by atoms with Gasteiger partial charge in [-0.15, -0.1) is 0 Å². The van der Waals surface area contributed by atoms with E-state index < -0.39 is 5.54 Å². The average Bonchev–Trinajstić information content (AvgIpc) is 2.33. The van der Waals surface area contributed by atoms with Crippen LogP contribution >= 0.6 is 0 Å². The van der Waals surface area contributed by atoms with Crippen LogP contribution in [0, 0.1) is 0 Å². The van der Waals surface area contributed by atoms with E-state index in [-0.39, 0.29) is 18.0 Å². The van der Waals surface area contributed by atoms with E-state index >= 15 is 0 Å². The van der Waals surface area contributed by atoms with Crippen LogP contribution < -0.4 is 11.1 Å². The Hall–Kier alpha value is -0.650. The van der Waals surface area contributed by atoms with Gasteiger partial charge in [0.2, 0.25) is 5.91 Å². The van der Waals surface area contributed by atoms with Gasteiger partial charge in [-0.3, -0.25) is 9.69 Å². The molecule has 5 nitrogen and oxygen atoms in total. The summed E-state index contributed by atoms with van der Waals surface area (Å²) in [5.41, 5.74) is 4.91. The molecule has 5 heteroatoms. The number of primary amides is 1. The van der Waals surface area contributed by atoms with Crippen molar-refractivity contribution in [1.82, 2.24) is 10.2 Å². The first-order chi connectivity index (χ1) is 9.26. The molecule has 0 aliphatic heterocycles. The Kier molecular flexibility index (Phi) is 9.01. The lowest BCUT2D eigenvalue weighted by Gasteiger charge is -2.36. The number of hydrogen-bond donors (Lipinski definition) is 2. The Morgan fingerprint density at radius 2 is 1.95 bits per heavy atom. The summed E-state index contributed by atoms with van der Waals surface area (Å²) in [5, 5.41) is 3.30. The molecule has 0 saturated carbocycles. The predicted molar refractivity (Wildman–Crippen MR) is 83.7 cm³/mol. The number of ether oxygens (including phenoxy) is 1. The normalized spacial score (nSPS) is 16.4. The van der Waals surface area contributed by atoms with E-state index in [1.54, 1.807) is 0 Å². The number of nitrogens with one attached hydrogen (secondary N) is 1. The quantitative estimate of drug-likeness (QED) is 0.563. The molecular formula is C15H33N3O2. The molecule has 0 aromatic rings. The third-order valence-corrected chi connectivity index (χ3v) is 3.61. The van der Waals surface area contributed by atoms with Crippen LogP contribution in [0.15, 0.2) is 0 Å². The highest BCUT2D eigenvalue weighted by Gasteiger charge is 2.34. The van der Waals surface area contributed by atoms with Crippen LogP contribution in [-0.4, -0.2) is 54.7 Å². The molecule has 120 valence electrons. The van der Waals surface area contributed by atoms with E-state index in [2.05, 4.69) is 24.1 Å². The number of carbonyl (C=O) groups is 1. The lowest BCUT2D eigenvalue weighted by molar-refractivity contribution is -0.125. The summed E-state index contributed by atoms with van der Waals surface area (Å²) in [5.74, 6) is -0.293. The first kappa shape index (κ1) is 19.4. The molecule has 1 amide bonds. The Labute approximate surface area is 124 Å². The van der Waals surface area contributed by atoms with Gasteiger partial charge in [-0.1, -0.05) is 6.92 Å². The van der Waals surface area contributed by atoms with Gasteiger partial charge in [-0.05, 0) is 47.6 Å². The van der Waals surface area contributed by atoms with Gasteiger partial charge in [0.05, 0.1) is 12.1 Å². The van der Waals surface area contributed by atoms with Crippen molar-refractivity contribution in [3.63, 3.8) is 0 Å². The van der Waals surface area contributed by atoms with E-state index in [1.165, 1.54) is 0 Å². The Balaban J connectivity index is 4.63. The Morgan fingerprint density at radius 1 is 1.35 bits per heavy atom. The molecular weight excluding hydrogens is 254 g/mol. The Morgan fingerprint density at radius 3 is 2.35 bits per heavy atom. The van der Waals surface area contributed by atoms with Gasteiger partial charge in [0.15, 0.2) is 0 Å². The molecule has 0 heterocycles. The highest BCUT2D eigenvalue weighted by atomic mass is 16.5. The molecule has 0 aliphatic carbocycles. The number of nitrogens with two attached hydrogens (primary N) is 1. The van der Waals surface area contributed by atoms with E-state index in [1.807, 2.05) is 27.7 Å². The zero-order chi connectivity index (χ0) is 15.8. The van der Waals surface area contributed by atoms with E-state index in [0.29, 0.717) is 6.42 Å². The number of nitrogens with zero attached hydrogens (tertiary/aromatic N) is 1. The zero-order valence-corrected chi connectivity index (χ0v) is 14.0. The lowest BCUT2D eigenvalue weighted by Crippen LogP contribution is -2.58. The summed E-state index contributed by atoms with van der Waals surface area (Å²) in [6.45, 7) is 15.5. The number of amides is 1. The molecule has 0 bridgehead atoms. The van der Waals surface area contributed by atoms with Gasteiger partial charge in [0.1, 0.15) is 0 Å². The molecule has 3 N–H and O–H groups in total. The van der Waals surface area contributed by atoms with Crippen LogP contribution in [0.2, 0.25) is 0 Å². The number of hydrogen-bond acceptors (Lipinski definition) is 4. The smallest absolute Gasteiger partial charge is 0.237 e. The third kappa shape index (κ3) is 6.68. The maximum Gasteiger partial charge on any atom is 0.237 e. The van der Waals surface area contributed by atoms with Crippen LogP contribution in [0.3, 0.4) is 0 Å². The molecule has 0 radical (unpaired) electrons. The second-order valence-corrected chi connectivity index (χ2v) is 5.87. The molecule has 0 rings (SSSR count). The molecule has 0 spiro atoms. The SMILES string of the molecule is CCOCCN(CC)C(C)CC(C)(NC(C)C)C(N)=O. The van der Waals surface area contributed by atoms with Gasteiger partial charge in [0.25, 0.3) is 0 Å². The lowest BCUT2D eigenvalue weighted by atomic mass is 9.91. The first-order valence-corrected chi connectivity index (χ1v) is 7.66. The van der Waals surface area contributed by atoms with Gasteiger partial charge < -0.3 is 15.8 Å². The van der Waals surface area contributed by atoms with Crippen molar-refractivity contribution in [1.29, 1.82) is 0 Å². The second kappa shape index (κ2) is 9.32. The summed E-state index contributed by atoms with van der Waals surface area (Å²) in [4.78, 5) is 14.1. The monoisotopic (exact) mass is 287 g/mol. The molecule has 0 aromatic heterocycles. The summed E-state index contributed by atoms with van der Waals surface area (Å²) in [6.07, 6.45) is 0.695. The van der Waals surface area contributed by atoms with Crippen molar-refractivity contribution in [3.8, 4) is 0 Å². The van der Waals surface area contributed by atoms with Crippen molar-refractivity contribution in [2.45, 2.75) is 65.6 Å². The van der Waals surface area contributed by atoms with E-state index in [4.69, 9.17) is 10.5 Å². The van der Waals surface area contributed by atoms with E-state index in [9.17, 15) is 4.79 Å². The third-order valence-electron chi connectivity index (χ3n) is 3.61. The van der Waals surface area contributed by atoms with Crippen LogP contribution in [0.25, 0.3) is 0 Å².